The van der Waals surface area contributed by atoms with Crippen LogP contribution < -0.4 is 4.74 Å². The molecule has 1 aliphatic rings. The van der Waals surface area contributed by atoms with Gasteiger partial charge >= 0.3 is 0 Å². The van der Waals surface area contributed by atoms with E-state index in [4.69, 9.17) is 44.3 Å². The normalized spacial score (nSPS) is 27.7. The zero-order chi connectivity index (χ0) is 12.6. The van der Waals surface area contributed by atoms with Crippen molar-refractivity contribution in [1.29, 1.82) is 0 Å². The van der Waals surface area contributed by atoms with Crippen LogP contribution in [0.2, 0.25) is 15.1 Å². The molecule has 3 atom stereocenters. The van der Waals surface area contributed by atoms with Gasteiger partial charge in [0.2, 0.25) is 0 Å². The fourth-order valence-corrected chi connectivity index (χ4v) is 3.21. The van der Waals surface area contributed by atoms with E-state index in [1.807, 2.05) is 0 Å². The van der Waals surface area contributed by atoms with Crippen molar-refractivity contribution in [2.75, 3.05) is 7.11 Å². The smallest absolute Gasteiger partial charge is 0.140 e. The van der Waals surface area contributed by atoms with Gasteiger partial charge < -0.3 is 9.47 Å². The van der Waals surface area contributed by atoms with Crippen molar-refractivity contribution in [1.82, 2.24) is 0 Å². The summed E-state index contributed by atoms with van der Waals surface area (Å²) in [5, 5.41) is 1.29. The van der Waals surface area contributed by atoms with Crippen molar-refractivity contribution in [3.63, 3.8) is 0 Å². The molecule has 1 saturated carbocycles. The Bertz CT molecular complexity index is 427. The molecule has 3 unspecified atom stereocenters. The van der Waals surface area contributed by atoms with Gasteiger partial charge in [0.15, 0.2) is 0 Å². The van der Waals surface area contributed by atoms with E-state index in [9.17, 15) is 0 Å². The summed E-state index contributed by atoms with van der Waals surface area (Å²) in [5.74, 6) is 0.535. The fraction of sp³-hybridized carbons (Fsp3) is 0.455. The van der Waals surface area contributed by atoms with Crippen LogP contribution >= 0.6 is 50.7 Å². The predicted octanol–water partition coefficient (Wildman–Crippen LogP) is 4.58. The summed E-state index contributed by atoms with van der Waals surface area (Å²) in [6, 6.07) is 3.20. The lowest BCUT2D eigenvalue weighted by molar-refractivity contribution is -0.0544. The molecule has 1 aromatic rings. The summed E-state index contributed by atoms with van der Waals surface area (Å²) in [7, 11) is 1.66. The molecule has 2 nitrogen and oxygen atoms in total. The highest BCUT2D eigenvalue weighted by molar-refractivity contribution is 9.09. The van der Waals surface area contributed by atoms with Gasteiger partial charge in [-0.15, -0.1) is 0 Å². The molecule has 0 spiro atoms. The average molecular weight is 360 g/mol. The second kappa shape index (κ2) is 5.54. The van der Waals surface area contributed by atoms with Crippen LogP contribution in [0.5, 0.6) is 5.75 Å². The molecular weight excluding hydrogens is 350 g/mol. The number of rotatable bonds is 3. The van der Waals surface area contributed by atoms with Crippen LogP contribution in [0.15, 0.2) is 12.1 Å². The minimum Gasteiger partial charge on any atom is -0.486 e. The van der Waals surface area contributed by atoms with Crippen molar-refractivity contribution in [3.05, 3.63) is 27.2 Å². The zero-order valence-electron chi connectivity index (χ0n) is 8.92. The van der Waals surface area contributed by atoms with Crippen LogP contribution in [0.1, 0.15) is 6.42 Å². The summed E-state index contributed by atoms with van der Waals surface area (Å²) >= 11 is 21.3. The molecule has 1 aliphatic carbocycles. The number of hydrogen-bond donors (Lipinski definition) is 0. The van der Waals surface area contributed by atoms with Crippen LogP contribution in [0.4, 0.5) is 0 Å². The molecule has 94 valence electrons. The Morgan fingerprint density at radius 1 is 1.18 bits per heavy atom. The van der Waals surface area contributed by atoms with Crippen LogP contribution in [-0.2, 0) is 4.74 Å². The zero-order valence-corrected chi connectivity index (χ0v) is 12.8. The quantitative estimate of drug-likeness (QED) is 0.580. The van der Waals surface area contributed by atoms with Gasteiger partial charge in [0.1, 0.15) is 18.0 Å². The monoisotopic (exact) mass is 358 g/mol. The molecule has 0 radical (unpaired) electrons. The Morgan fingerprint density at radius 2 is 1.82 bits per heavy atom. The highest BCUT2D eigenvalue weighted by atomic mass is 79.9. The Balaban J connectivity index is 2.12. The van der Waals surface area contributed by atoms with Crippen LogP contribution in [0.3, 0.4) is 0 Å². The molecule has 1 fully saturated rings. The lowest BCUT2D eigenvalue weighted by Gasteiger charge is -2.40. The standard InChI is InChI=1S/C11H10BrCl3O2/c1-16-11-5(12)2-10(11)17-9-4-7(14)6(13)3-8(9)15/h3-5,10-11H,2H2,1H3. The number of alkyl halides is 1. The molecule has 0 saturated heterocycles. The van der Waals surface area contributed by atoms with E-state index >= 15 is 0 Å². The number of benzene rings is 1. The van der Waals surface area contributed by atoms with E-state index in [0.717, 1.165) is 6.42 Å². The summed E-state index contributed by atoms with van der Waals surface area (Å²) in [4.78, 5) is 0.319. The maximum atomic E-state index is 6.03. The van der Waals surface area contributed by atoms with Crippen LogP contribution in [-0.4, -0.2) is 24.1 Å². The van der Waals surface area contributed by atoms with Crippen molar-refractivity contribution < 1.29 is 9.47 Å². The van der Waals surface area contributed by atoms with E-state index in [-0.39, 0.29) is 12.2 Å². The van der Waals surface area contributed by atoms with Crippen molar-refractivity contribution in [2.24, 2.45) is 0 Å². The summed E-state index contributed by atoms with van der Waals surface area (Å²) in [5.41, 5.74) is 0. The van der Waals surface area contributed by atoms with Gasteiger partial charge in [-0.1, -0.05) is 50.7 Å². The van der Waals surface area contributed by atoms with E-state index in [1.165, 1.54) is 0 Å². The first-order valence-electron chi connectivity index (χ1n) is 5.01. The maximum absolute atomic E-state index is 6.03. The van der Waals surface area contributed by atoms with Gasteiger partial charge in [-0.05, 0) is 6.07 Å². The molecule has 2 rings (SSSR count). The molecule has 1 aromatic carbocycles. The Kier molecular flexibility index (Phi) is 4.48. The van der Waals surface area contributed by atoms with Gasteiger partial charge in [-0.2, -0.15) is 0 Å². The number of ether oxygens (including phenoxy) is 2. The second-order valence-electron chi connectivity index (χ2n) is 3.81. The summed E-state index contributed by atoms with van der Waals surface area (Å²) in [6.07, 6.45) is 0.884. The van der Waals surface area contributed by atoms with Gasteiger partial charge in [0, 0.05) is 24.4 Å². The van der Waals surface area contributed by atoms with Gasteiger partial charge in [-0.25, -0.2) is 0 Å². The number of halogens is 4. The van der Waals surface area contributed by atoms with Crippen LogP contribution in [0.25, 0.3) is 0 Å². The SMILES string of the molecule is COC1C(Br)CC1Oc1cc(Cl)c(Cl)cc1Cl. The minimum absolute atomic E-state index is 0.0147. The summed E-state index contributed by atoms with van der Waals surface area (Å²) < 4.78 is 11.1. The van der Waals surface area contributed by atoms with Crippen molar-refractivity contribution >= 4 is 50.7 Å². The molecule has 17 heavy (non-hydrogen) atoms. The first-order chi connectivity index (χ1) is 8.02. The third-order valence-corrected chi connectivity index (χ3v) is 4.62. The van der Waals surface area contributed by atoms with Crippen molar-refractivity contribution in [2.45, 2.75) is 23.5 Å². The van der Waals surface area contributed by atoms with Gasteiger partial charge in [0.05, 0.1) is 15.1 Å². The number of hydrogen-bond acceptors (Lipinski definition) is 2. The lowest BCUT2D eigenvalue weighted by atomic mass is 9.91. The van der Waals surface area contributed by atoms with Crippen molar-refractivity contribution in [3.8, 4) is 5.75 Å². The Labute approximate surface area is 123 Å². The van der Waals surface area contributed by atoms with E-state index < -0.39 is 0 Å². The Hall–Kier alpha value is 0.330. The highest BCUT2D eigenvalue weighted by Gasteiger charge is 2.42. The molecule has 0 bridgehead atoms. The maximum Gasteiger partial charge on any atom is 0.140 e. The van der Waals surface area contributed by atoms with Gasteiger partial charge in [0.25, 0.3) is 0 Å². The topological polar surface area (TPSA) is 18.5 Å². The molecule has 0 heterocycles. The second-order valence-corrected chi connectivity index (χ2v) is 6.20. The average Bonchev–Trinajstić information content (AvgIpc) is 2.25. The Morgan fingerprint density at radius 3 is 2.41 bits per heavy atom. The van der Waals surface area contributed by atoms with Gasteiger partial charge in [-0.3, -0.25) is 0 Å². The minimum atomic E-state index is -0.0147. The first-order valence-corrected chi connectivity index (χ1v) is 7.06. The highest BCUT2D eigenvalue weighted by Crippen LogP contribution is 2.38. The predicted molar refractivity (Wildman–Crippen MR) is 74.0 cm³/mol. The molecule has 6 heteroatoms. The number of methoxy groups -OCH3 is 1. The van der Waals surface area contributed by atoms with E-state index in [0.29, 0.717) is 25.6 Å². The van der Waals surface area contributed by atoms with E-state index in [1.54, 1.807) is 19.2 Å². The third kappa shape index (κ3) is 2.85. The summed E-state index contributed by atoms with van der Waals surface area (Å²) in [6.45, 7) is 0. The molecular formula is C11H10BrCl3O2. The molecule has 0 amide bonds. The third-order valence-electron chi connectivity index (χ3n) is 2.71. The largest absolute Gasteiger partial charge is 0.486 e. The molecule has 0 N–H and O–H groups in total. The first kappa shape index (κ1) is 13.8. The lowest BCUT2D eigenvalue weighted by Crippen LogP contribution is -2.51. The molecule has 0 aromatic heterocycles. The molecule has 0 aliphatic heterocycles. The van der Waals surface area contributed by atoms with Crippen LogP contribution in [0, 0.1) is 0 Å². The fourth-order valence-electron chi connectivity index (χ4n) is 1.70. The van der Waals surface area contributed by atoms with E-state index in [2.05, 4.69) is 15.9 Å².